The van der Waals surface area contributed by atoms with Gasteiger partial charge in [-0.25, -0.2) is 8.42 Å². The van der Waals surface area contributed by atoms with E-state index in [9.17, 15) is 8.42 Å². The Hall–Kier alpha value is -1.91. The van der Waals surface area contributed by atoms with Crippen LogP contribution in [0.5, 0.6) is 0 Å². The molecular formula is C17H19NO2S. The van der Waals surface area contributed by atoms with E-state index in [4.69, 9.17) is 5.73 Å². The fourth-order valence-electron chi connectivity index (χ4n) is 2.18. The van der Waals surface area contributed by atoms with Gasteiger partial charge in [0.05, 0.1) is 15.8 Å². The topological polar surface area (TPSA) is 60.2 Å². The Balaban J connectivity index is 2.43. The molecule has 0 aromatic heterocycles. The maximum atomic E-state index is 12.7. The molecule has 0 saturated carbocycles. The van der Waals surface area contributed by atoms with Crippen molar-refractivity contribution in [1.29, 1.82) is 0 Å². The van der Waals surface area contributed by atoms with Crippen LogP contribution in [0.15, 0.2) is 70.5 Å². The van der Waals surface area contributed by atoms with Crippen LogP contribution >= 0.6 is 0 Å². The van der Waals surface area contributed by atoms with Crippen molar-refractivity contribution >= 4 is 9.84 Å². The van der Waals surface area contributed by atoms with Gasteiger partial charge >= 0.3 is 0 Å². The molecule has 1 atom stereocenters. The first-order chi connectivity index (χ1) is 9.96. The summed E-state index contributed by atoms with van der Waals surface area (Å²) in [5, 5.41) is 0. The van der Waals surface area contributed by atoms with E-state index in [-0.39, 0.29) is 9.80 Å². The van der Waals surface area contributed by atoms with Gasteiger partial charge in [0.25, 0.3) is 0 Å². The highest BCUT2D eigenvalue weighted by Crippen LogP contribution is 2.29. The van der Waals surface area contributed by atoms with Gasteiger partial charge in [0, 0.05) is 0 Å². The van der Waals surface area contributed by atoms with Gasteiger partial charge in [-0.3, -0.25) is 0 Å². The number of hydrogen-bond acceptors (Lipinski definition) is 3. The lowest BCUT2D eigenvalue weighted by Gasteiger charge is -2.17. The van der Waals surface area contributed by atoms with E-state index < -0.39 is 15.9 Å². The highest BCUT2D eigenvalue weighted by molar-refractivity contribution is 7.95. The summed E-state index contributed by atoms with van der Waals surface area (Å²) in [6.07, 6.45) is 1.58. The quantitative estimate of drug-likeness (QED) is 0.942. The Kier molecular flexibility index (Phi) is 4.60. The summed E-state index contributed by atoms with van der Waals surface area (Å²) in [6, 6.07) is 15.3. The maximum absolute atomic E-state index is 12.7. The molecule has 21 heavy (non-hydrogen) atoms. The smallest absolute Gasteiger partial charge is 0.204 e. The van der Waals surface area contributed by atoms with Gasteiger partial charge in [-0.15, -0.1) is 0 Å². The summed E-state index contributed by atoms with van der Waals surface area (Å²) < 4.78 is 25.4. The number of rotatable bonds is 4. The maximum Gasteiger partial charge on any atom is 0.204 e. The average molecular weight is 301 g/mol. The number of hydrogen-bond donors (Lipinski definition) is 1. The minimum Gasteiger partial charge on any atom is -0.320 e. The first kappa shape index (κ1) is 15.5. The van der Waals surface area contributed by atoms with Crippen molar-refractivity contribution in [3.8, 4) is 0 Å². The van der Waals surface area contributed by atoms with Crippen LogP contribution in [-0.4, -0.2) is 8.42 Å². The standard InChI is InChI=1S/C17H19NO2S/c1-3-16(17(18)14-11-9-13(2)10-12-14)21(19,20)15-7-5-4-6-8-15/h3-12,17H,18H2,1-2H3/b16-3-/t17-/m1/s1. The van der Waals surface area contributed by atoms with Gasteiger partial charge in [-0.2, -0.15) is 0 Å². The van der Waals surface area contributed by atoms with Crippen LogP contribution in [-0.2, 0) is 9.84 Å². The monoisotopic (exact) mass is 301 g/mol. The summed E-state index contributed by atoms with van der Waals surface area (Å²) in [5.41, 5.74) is 8.07. The summed E-state index contributed by atoms with van der Waals surface area (Å²) in [7, 11) is -3.57. The third-order valence-corrected chi connectivity index (χ3v) is 5.39. The normalized spacial score (nSPS) is 14.0. The molecular weight excluding hydrogens is 282 g/mol. The first-order valence-corrected chi connectivity index (χ1v) is 8.23. The number of sulfone groups is 1. The zero-order valence-electron chi connectivity index (χ0n) is 12.2. The van der Waals surface area contributed by atoms with Crippen LogP contribution < -0.4 is 5.73 Å². The van der Waals surface area contributed by atoms with Crippen LogP contribution in [0.2, 0.25) is 0 Å². The summed E-state index contributed by atoms with van der Waals surface area (Å²) >= 11 is 0. The fourth-order valence-corrected chi connectivity index (χ4v) is 3.74. The number of nitrogens with two attached hydrogens (primary N) is 1. The molecule has 2 N–H and O–H groups in total. The molecule has 3 nitrogen and oxygen atoms in total. The number of benzene rings is 2. The van der Waals surface area contributed by atoms with Crippen molar-refractivity contribution in [2.45, 2.75) is 24.8 Å². The lowest BCUT2D eigenvalue weighted by Crippen LogP contribution is -2.20. The first-order valence-electron chi connectivity index (χ1n) is 6.75. The van der Waals surface area contributed by atoms with Crippen LogP contribution in [0.3, 0.4) is 0 Å². The van der Waals surface area contributed by atoms with E-state index >= 15 is 0 Å². The number of allylic oxidation sites excluding steroid dienone is 1. The molecule has 0 radical (unpaired) electrons. The molecule has 0 unspecified atom stereocenters. The molecule has 0 saturated heterocycles. The van der Waals surface area contributed by atoms with Crippen molar-refractivity contribution in [1.82, 2.24) is 0 Å². The Bertz CT molecular complexity index is 732. The van der Waals surface area contributed by atoms with Crippen molar-refractivity contribution < 1.29 is 8.42 Å². The van der Waals surface area contributed by atoms with E-state index in [1.807, 2.05) is 31.2 Å². The van der Waals surface area contributed by atoms with E-state index in [1.165, 1.54) is 0 Å². The van der Waals surface area contributed by atoms with Crippen molar-refractivity contribution in [3.63, 3.8) is 0 Å². The Morgan fingerprint density at radius 3 is 2.14 bits per heavy atom. The van der Waals surface area contributed by atoms with Gasteiger partial charge in [-0.1, -0.05) is 54.1 Å². The highest BCUT2D eigenvalue weighted by atomic mass is 32.2. The predicted octanol–water partition coefficient (Wildman–Crippen LogP) is 3.37. The predicted molar refractivity (Wildman–Crippen MR) is 85.5 cm³/mol. The minimum atomic E-state index is -3.57. The van der Waals surface area contributed by atoms with E-state index in [0.29, 0.717) is 0 Å². The molecule has 0 fully saturated rings. The third kappa shape index (κ3) is 3.23. The van der Waals surface area contributed by atoms with Crippen molar-refractivity contribution in [2.75, 3.05) is 0 Å². The van der Waals surface area contributed by atoms with Gasteiger partial charge in [0.15, 0.2) is 0 Å². The second-order valence-electron chi connectivity index (χ2n) is 4.90. The number of aryl methyl sites for hydroxylation is 1. The largest absolute Gasteiger partial charge is 0.320 e. The molecule has 2 aromatic rings. The second kappa shape index (κ2) is 6.24. The third-order valence-electron chi connectivity index (χ3n) is 3.39. The summed E-state index contributed by atoms with van der Waals surface area (Å²) in [6.45, 7) is 3.68. The molecule has 0 spiro atoms. The molecule has 4 heteroatoms. The van der Waals surface area contributed by atoms with Gasteiger partial charge < -0.3 is 5.73 Å². The Labute approximate surface area is 126 Å². The van der Waals surface area contributed by atoms with Gasteiger partial charge in [0.2, 0.25) is 9.84 Å². The summed E-state index contributed by atoms with van der Waals surface area (Å²) in [4.78, 5) is 0.484. The molecule has 0 aliphatic carbocycles. The molecule has 110 valence electrons. The average Bonchev–Trinajstić information content (AvgIpc) is 2.49. The zero-order chi connectivity index (χ0) is 15.5. The van der Waals surface area contributed by atoms with Crippen LogP contribution in [0.4, 0.5) is 0 Å². The van der Waals surface area contributed by atoms with Crippen LogP contribution in [0, 0.1) is 6.92 Å². The molecule has 0 heterocycles. The summed E-state index contributed by atoms with van der Waals surface area (Å²) in [5.74, 6) is 0. The lowest BCUT2D eigenvalue weighted by molar-refractivity contribution is 0.598. The fraction of sp³-hybridized carbons (Fsp3) is 0.176. The Morgan fingerprint density at radius 1 is 1.05 bits per heavy atom. The molecule has 0 bridgehead atoms. The molecule has 0 aliphatic rings. The van der Waals surface area contributed by atoms with Crippen molar-refractivity contribution in [2.24, 2.45) is 5.73 Å². The van der Waals surface area contributed by atoms with E-state index in [1.54, 1.807) is 43.3 Å². The second-order valence-corrected chi connectivity index (χ2v) is 6.85. The van der Waals surface area contributed by atoms with Crippen LogP contribution in [0.25, 0.3) is 0 Å². The zero-order valence-corrected chi connectivity index (χ0v) is 13.0. The van der Waals surface area contributed by atoms with Crippen LogP contribution in [0.1, 0.15) is 24.1 Å². The molecule has 2 aromatic carbocycles. The minimum absolute atomic E-state index is 0.220. The Morgan fingerprint density at radius 2 is 1.62 bits per heavy atom. The van der Waals surface area contributed by atoms with Gasteiger partial charge in [-0.05, 0) is 31.5 Å². The SMILES string of the molecule is C/C=C(/[C@H](N)c1ccc(C)cc1)S(=O)(=O)c1ccccc1. The molecule has 2 rings (SSSR count). The van der Waals surface area contributed by atoms with E-state index in [0.717, 1.165) is 11.1 Å². The molecule has 0 amide bonds. The van der Waals surface area contributed by atoms with Gasteiger partial charge in [0.1, 0.15) is 0 Å². The highest BCUT2D eigenvalue weighted by Gasteiger charge is 2.26. The van der Waals surface area contributed by atoms with E-state index in [2.05, 4.69) is 0 Å². The molecule has 0 aliphatic heterocycles. The van der Waals surface area contributed by atoms with Crippen molar-refractivity contribution in [3.05, 3.63) is 76.7 Å². The lowest BCUT2D eigenvalue weighted by atomic mass is 10.1.